The van der Waals surface area contributed by atoms with Crippen LogP contribution in [-0.4, -0.2) is 20.5 Å². The number of hydrogen-bond acceptors (Lipinski definition) is 1. The van der Waals surface area contributed by atoms with E-state index in [4.69, 9.17) is 5.11 Å². The normalized spacial score (nSPS) is 11.1. The van der Waals surface area contributed by atoms with E-state index in [0.29, 0.717) is 5.04 Å². The molecule has 1 radical (unpaired) electrons. The van der Waals surface area contributed by atoms with Crippen molar-refractivity contribution in [2.45, 2.75) is 45.3 Å². The van der Waals surface area contributed by atoms with Crippen molar-refractivity contribution >= 4 is 24.7 Å². The number of benzene rings is 1. The average Bonchev–Trinajstić information content (AvgIpc) is 2.21. The predicted molar refractivity (Wildman–Crippen MR) is 82.1 cm³/mol. The summed E-state index contributed by atoms with van der Waals surface area (Å²) in [6, 6.07) is 7.95. The molecule has 0 saturated carbocycles. The molecule has 97 valence electrons. The molecular formula is C14H24BrOSi. The van der Waals surface area contributed by atoms with Crippen LogP contribution in [0.5, 0.6) is 0 Å². The number of halogens is 1. The van der Waals surface area contributed by atoms with Crippen LogP contribution in [0.15, 0.2) is 28.7 Å². The lowest BCUT2D eigenvalue weighted by atomic mass is 10.2. The highest BCUT2D eigenvalue weighted by molar-refractivity contribution is 9.10. The predicted octanol–water partition coefficient (Wildman–Crippen LogP) is 4.52. The molecule has 0 aromatic heterocycles. The molecule has 0 heterocycles. The van der Waals surface area contributed by atoms with Gasteiger partial charge in [-0.1, -0.05) is 61.9 Å². The molecule has 0 aliphatic rings. The van der Waals surface area contributed by atoms with Gasteiger partial charge in [-0.25, -0.2) is 0 Å². The van der Waals surface area contributed by atoms with Crippen LogP contribution in [0.1, 0.15) is 26.3 Å². The van der Waals surface area contributed by atoms with Crippen molar-refractivity contribution in [2.75, 3.05) is 6.61 Å². The van der Waals surface area contributed by atoms with Gasteiger partial charge >= 0.3 is 0 Å². The summed E-state index contributed by atoms with van der Waals surface area (Å²) < 4.78 is 1.08. The lowest BCUT2D eigenvalue weighted by Crippen LogP contribution is -2.16. The summed E-state index contributed by atoms with van der Waals surface area (Å²) in [5.41, 5.74) is 1.17. The molecule has 0 aliphatic carbocycles. The number of aliphatic hydroxyl groups is 1. The van der Waals surface area contributed by atoms with Gasteiger partial charge in [0.05, 0.1) is 0 Å². The van der Waals surface area contributed by atoms with E-state index in [1.54, 1.807) is 0 Å². The highest BCUT2D eigenvalue weighted by Crippen LogP contribution is 2.25. The first-order chi connectivity index (χ1) is 7.77. The molecule has 3 heteroatoms. The Morgan fingerprint density at radius 3 is 1.82 bits per heavy atom. The Hall–Kier alpha value is -0.123. The topological polar surface area (TPSA) is 20.2 Å². The van der Waals surface area contributed by atoms with E-state index in [2.05, 4.69) is 49.8 Å². The Labute approximate surface area is 116 Å². The quantitative estimate of drug-likeness (QED) is 0.795. The molecule has 0 atom stereocenters. The second-order valence-electron chi connectivity index (χ2n) is 5.35. The molecule has 1 rings (SSSR count). The molecule has 0 aliphatic heterocycles. The highest BCUT2D eigenvalue weighted by atomic mass is 79.9. The zero-order chi connectivity index (χ0) is 13.5. The van der Waals surface area contributed by atoms with Gasteiger partial charge < -0.3 is 5.11 Å². The van der Waals surface area contributed by atoms with Crippen molar-refractivity contribution in [1.82, 2.24) is 0 Å². The molecule has 0 fully saturated rings. The summed E-state index contributed by atoms with van der Waals surface area (Å²) in [6.45, 7) is 11.8. The highest BCUT2D eigenvalue weighted by Gasteiger charge is 2.15. The first-order valence-corrected chi connectivity index (χ1v) is 9.22. The fourth-order valence-electron chi connectivity index (χ4n) is 0.780. The van der Waals surface area contributed by atoms with E-state index in [0.717, 1.165) is 10.9 Å². The van der Waals surface area contributed by atoms with Gasteiger partial charge in [0.2, 0.25) is 0 Å². The van der Waals surface area contributed by atoms with Gasteiger partial charge in [-0.05, 0) is 29.2 Å². The number of hydrogen-bond donors (Lipinski definition) is 1. The molecule has 0 unspecified atom stereocenters. The minimum Gasteiger partial charge on any atom is -0.396 e. The van der Waals surface area contributed by atoms with Crippen molar-refractivity contribution in [3.05, 3.63) is 34.3 Å². The maximum Gasteiger partial charge on any atom is 0.0471 e. The van der Waals surface area contributed by atoms with E-state index < -0.39 is 0 Å². The molecule has 1 aromatic rings. The molecule has 1 N–H and O–H groups in total. The van der Waals surface area contributed by atoms with Crippen LogP contribution in [0.2, 0.25) is 18.1 Å². The third kappa shape index (κ3) is 8.58. The first kappa shape index (κ1) is 16.9. The van der Waals surface area contributed by atoms with E-state index >= 15 is 0 Å². The third-order valence-electron chi connectivity index (χ3n) is 2.81. The number of rotatable bonds is 2. The molecule has 0 spiro atoms. The Morgan fingerprint density at radius 1 is 1.12 bits per heavy atom. The second kappa shape index (κ2) is 8.06. The summed E-state index contributed by atoms with van der Waals surface area (Å²) in [7, 11) is -0.0502. The first-order valence-electron chi connectivity index (χ1n) is 5.93. The van der Waals surface area contributed by atoms with Crippen LogP contribution < -0.4 is 0 Å². The molecule has 0 amide bonds. The van der Waals surface area contributed by atoms with Crippen LogP contribution in [0.3, 0.4) is 0 Å². The van der Waals surface area contributed by atoms with Gasteiger partial charge in [0, 0.05) is 19.9 Å². The van der Waals surface area contributed by atoms with E-state index in [1.807, 2.05) is 24.3 Å². The standard InChI is InChI=1S/C8H9BrO.C6H15Si/c9-8-3-1-7(2-4-8)5-6-10;1-6(2,3)7(4)5/h1-4,10H,5-6H2;1-5H3. The fourth-order valence-corrected chi connectivity index (χ4v) is 1.04. The molecule has 1 aromatic carbocycles. The average molecular weight is 316 g/mol. The van der Waals surface area contributed by atoms with Crippen molar-refractivity contribution in [1.29, 1.82) is 0 Å². The summed E-state index contributed by atoms with van der Waals surface area (Å²) in [6.07, 6.45) is 0.743. The molecule has 0 bridgehead atoms. The Morgan fingerprint density at radius 2 is 1.53 bits per heavy atom. The minimum atomic E-state index is -0.0502. The Balaban J connectivity index is 0.000000325. The minimum absolute atomic E-state index is 0.0502. The Kier molecular flexibility index (Phi) is 8.00. The zero-order valence-corrected chi connectivity index (χ0v) is 14.1. The van der Waals surface area contributed by atoms with Gasteiger partial charge in [-0.3, -0.25) is 0 Å². The smallest absolute Gasteiger partial charge is 0.0471 e. The van der Waals surface area contributed by atoms with Crippen LogP contribution in [0, 0.1) is 0 Å². The maximum absolute atomic E-state index is 8.58. The van der Waals surface area contributed by atoms with E-state index in [-0.39, 0.29) is 15.4 Å². The van der Waals surface area contributed by atoms with Crippen LogP contribution in [-0.2, 0) is 6.42 Å². The fraction of sp³-hybridized carbons (Fsp3) is 0.571. The third-order valence-corrected chi connectivity index (χ3v) is 6.34. The van der Waals surface area contributed by atoms with Gasteiger partial charge in [0.15, 0.2) is 0 Å². The molecule has 17 heavy (non-hydrogen) atoms. The monoisotopic (exact) mass is 315 g/mol. The molecule has 1 nitrogen and oxygen atoms in total. The van der Waals surface area contributed by atoms with E-state index in [9.17, 15) is 0 Å². The lowest BCUT2D eigenvalue weighted by molar-refractivity contribution is 0.299. The zero-order valence-electron chi connectivity index (χ0n) is 11.5. The van der Waals surface area contributed by atoms with Gasteiger partial charge in [-0.15, -0.1) is 0 Å². The van der Waals surface area contributed by atoms with E-state index in [1.165, 1.54) is 5.56 Å². The van der Waals surface area contributed by atoms with Crippen molar-refractivity contribution in [2.24, 2.45) is 0 Å². The SMILES string of the molecule is C[Si](C)C(C)(C)C.OCCc1ccc(Br)cc1. The summed E-state index contributed by atoms with van der Waals surface area (Å²) in [5.74, 6) is 0. The summed E-state index contributed by atoms with van der Waals surface area (Å²) >= 11 is 3.33. The van der Waals surface area contributed by atoms with Crippen LogP contribution >= 0.6 is 15.9 Å². The van der Waals surface area contributed by atoms with Gasteiger partial charge in [0.1, 0.15) is 0 Å². The van der Waals surface area contributed by atoms with Crippen LogP contribution in [0.25, 0.3) is 0 Å². The Bertz CT molecular complexity index is 301. The van der Waals surface area contributed by atoms with Crippen molar-refractivity contribution in [3.63, 3.8) is 0 Å². The van der Waals surface area contributed by atoms with Crippen molar-refractivity contribution < 1.29 is 5.11 Å². The summed E-state index contributed by atoms with van der Waals surface area (Å²) in [4.78, 5) is 0. The molecular weight excluding hydrogens is 292 g/mol. The lowest BCUT2D eigenvalue weighted by Gasteiger charge is -2.20. The maximum atomic E-state index is 8.58. The second-order valence-corrected chi connectivity index (χ2v) is 9.77. The van der Waals surface area contributed by atoms with Gasteiger partial charge in [-0.2, -0.15) is 0 Å². The van der Waals surface area contributed by atoms with Gasteiger partial charge in [0.25, 0.3) is 0 Å². The van der Waals surface area contributed by atoms with Crippen molar-refractivity contribution in [3.8, 4) is 0 Å². The molecule has 0 saturated heterocycles. The largest absolute Gasteiger partial charge is 0.396 e. The summed E-state index contributed by atoms with van der Waals surface area (Å²) in [5, 5.41) is 9.18. The van der Waals surface area contributed by atoms with Crippen LogP contribution in [0.4, 0.5) is 0 Å². The number of aliphatic hydroxyl groups excluding tert-OH is 1.